The fourth-order valence-electron chi connectivity index (χ4n) is 3.20. The van der Waals surface area contributed by atoms with Crippen LogP contribution in [0.1, 0.15) is 11.1 Å². The number of nitrogens with one attached hydrogen (secondary N) is 1. The van der Waals surface area contributed by atoms with Gasteiger partial charge < -0.3 is 0 Å². The van der Waals surface area contributed by atoms with Crippen molar-refractivity contribution in [1.29, 1.82) is 0 Å². The van der Waals surface area contributed by atoms with Gasteiger partial charge in [0.25, 0.3) is 10.0 Å². The largest absolute Gasteiger partial charge is 0.278 e. The molecule has 0 unspecified atom stereocenters. The number of aryl methyl sites for hydroxylation is 2. The van der Waals surface area contributed by atoms with Gasteiger partial charge in [0.05, 0.1) is 15.6 Å². The summed E-state index contributed by atoms with van der Waals surface area (Å²) in [5.74, 6) is 0. The lowest BCUT2D eigenvalue weighted by Crippen LogP contribution is -2.13. The van der Waals surface area contributed by atoms with E-state index in [1.165, 1.54) is 11.1 Å². The van der Waals surface area contributed by atoms with E-state index in [1.807, 2.05) is 18.2 Å². The molecule has 4 rings (SSSR count). The number of para-hydroxylation sites is 1. The molecule has 0 heterocycles. The van der Waals surface area contributed by atoms with Gasteiger partial charge in [-0.15, -0.1) is 0 Å². The second kappa shape index (κ2) is 5.25. The third kappa shape index (κ3) is 2.38. The smallest absolute Gasteiger partial charge is 0.262 e. The van der Waals surface area contributed by atoms with E-state index >= 15 is 0 Å². The molecule has 3 nitrogen and oxygen atoms in total. The van der Waals surface area contributed by atoms with Crippen molar-refractivity contribution in [2.75, 3.05) is 4.72 Å². The van der Waals surface area contributed by atoms with E-state index in [2.05, 4.69) is 10.8 Å². The van der Waals surface area contributed by atoms with Gasteiger partial charge in [-0.25, -0.2) is 8.42 Å². The van der Waals surface area contributed by atoms with Crippen molar-refractivity contribution in [3.8, 4) is 0 Å². The predicted octanol–water partition coefficient (Wildman–Crippen LogP) is 4.39. The van der Waals surface area contributed by atoms with Crippen LogP contribution in [0.5, 0.6) is 0 Å². The topological polar surface area (TPSA) is 46.2 Å². The van der Waals surface area contributed by atoms with Crippen LogP contribution in [0.2, 0.25) is 5.02 Å². The number of benzene rings is 3. The third-order valence-corrected chi connectivity index (χ3v) is 6.00. The van der Waals surface area contributed by atoms with Crippen molar-refractivity contribution in [3.05, 3.63) is 70.7 Å². The van der Waals surface area contributed by atoms with Crippen LogP contribution in [-0.4, -0.2) is 8.42 Å². The molecular formula is C18H14ClNO2S. The van der Waals surface area contributed by atoms with Crippen molar-refractivity contribution >= 4 is 38.1 Å². The monoisotopic (exact) mass is 343 g/mol. The number of hydrogen-bond donors (Lipinski definition) is 1. The van der Waals surface area contributed by atoms with Gasteiger partial charge in [-0.05, 0) is 47.6 Å². The first kappa shape index (κ1) is 14.5. The van der Waals surface area contributed by atoms with Gasteiger partial charge in [-0.3, -0.25) is 4.72 Å². The van der Waals surface area contributed by atoms with Gasteiger partial charge in [0, 0.05) is 5.39 Å². The van der Waals surface area contributed by atoms with Crippen LogP contribution in [0, 0.1) is 0 Å². The Bertz CT molecular complexity index is 1020. The number of halogens is 1. The molecule has 0 saturated heterocycles. The molecule has 0 radical (unpaired) electrons. The fourth-order valence-corrected chi connectivity index (χ4v) is 4.72. The lowest BCUT2D eigenvalue weighted by Gasteiger charge is -2.12. The van der Waals surface area contributed by atoms with E-state index in [9.17, 15) is 8.42 Å². The zero-order valence-electron chi connectivity index (χ0n) is 12.2. The average molecular weight is 344 g/mol. The predicted molar refractivity (Wildman–Crippen MR) is 93.6 cm³/mol. The molecule has 5 heteroatoms. The zero-order chi connectivity index (χ0) is 16.0. The number of anilines is 1. The second-order valence-electron chi connectivity index (χ2n) is 5.65. The molecule has 3 aromatic carbocycles. The Hall–Kier alpha value is -2.04. The standard InChI is InChI=1S/C18H14ClNO2S/c19-15-6-1-2-7-16(15)20-23(21,22)17-11-10-13-9-8-12-4-3-5-14(17)18(12)13/h1-7,10-11,20H,8-9H2. The summed E-state index contributed by atoms with van der Waals surface area (Å²) in [4.78, 5) is 0.292. The van der Waals surface area contributed by atoms with Gasteiger partial charge in [-0.1, -0.05) is 48.0 Å². The Balaban J connectivity index is 1.88. The summed E-state index contributed by atoms with van der Waals surface area (Å²) in [6, 6.07) is 16.3. The molecule has 0 spiro atoms. The summed E-state index contributed by atoms with van der Waals surface area (Å²) in [5, 5.41) is 2.23. The Morgan fingerprint density at radius 2 is 1.61 bits per heavy atom. The molecule has 1 N–H and O–H groups in total. The van der Waals surface area contributed by atoms with Crippen LogP contribution in [0.3, 0.4) is 0 Å². The lowest BCUT2D eigenvalue weighted by atomic mass is 10.1. The minimum atomic E-state index is -3.70. The van der Waals surface area contributed by atoms with Crippen LogP contribution in [-0.2, 0) is 22.9 Å². The van der Waals surface area contributed by atoms with Crippen molar-refractivity contribution in [1.82, 2.24) is 0 Å². The maximum Gasteiger partial charge on any atom is 0.262 e. The first-order valence-electron chi connectivity index (χ1n) is 7.37. The Morgan fingerprint density at radius 1 is 0.870 bits per heavy atom. The maximum atomic E-state index is 12.8. The summed E-state index contributed by atoms with van der Waals surface area (Å²) in [7, 11) is -3.70. The molecule has 0 saturated carbocycles. The van der Waals surface area contributed by atoms with Gasteiger partial charge >= 0.3 is 0 Å². The van der Waals surface area contributed by atoms with E-state index < -0.39 is 10.0 Å². The first-order valence-corrected chi connectivity index (χ1v) is 9.23. The van der Waals surface area contributed by atoms with Crippen LogP contribution < -0.4 is 4.72 Å². The van der Waals surface area contributed by atoms with Crippen LogP contribution >= 0.6 is 11.6 Å². The highest BCUT2D eigenvalue weighted by Crippen LogP contribution is 2.35. The van der Waals surface area contributed by atoms with Crippen molar-refractivity contribution in [2.45, 2.75) is 17.7 Å². The first-order chi connectivity index (χ1) is 11.1. The Kier molecular flexibility index (Phi) is 3.32. The molecule has 1 aliphatic rings. The number of hydrogen-bond acceptors (Lipinski definition) is 2. The molecular weight excluding hydrogens is 330 g/mol. The molecule has 23 heavy (non-hydrogen) atoms. The van der Waals surface area contributed by atoms with E-state index in [0.29, 0.717) is 15.6 Å². The summed E-state index contributed by atoms with van der Waals surface area (Å²) in [5.41, 5.74) is 2.82. The average Bonchev–Trinajstić information content (AvgIpc) is 2.95. The van der Waals surface area contributed by atoms with E-state index in [-0.39, 0.29) is 0 Å². The highest BCUT2D eigenvalue weighted by molar-refractivity contribution is 7.93. The summed E-state index contributed by atoms with van der Waals surface area (Å²) >= 11 is 6.07. The van der Waals surface area contributed by atoms with E-state index in [0.717, 1.165) is 23.6 Å². The minimum Gasteiger partial charge on any atom is -0.278 e. The minimum absolute atomic E-state index is 0.292. The molecule has 0 aromatic heterocycles. The fraction of sp³-hybridized carbons (Fsp3) is 0.111. The van der Waals surface area contributed by atoms with Crippen molar-refractivity contribution in [2.24, 2.45) is 0 Å². The second-order valence-corrected chi connectivity index (χ2v) is 7.71. The van der Waals surface area contributed by atoms with Crippen molar-refractivity contribution in [3.63, 3.8) is 0 Å². The lowest BCUT2D eigenvalue weighted by molar-refractivity contribution is 0.602. The molecule has 3 aromatic rings. The number of sulfonamides is 1. The van der Waals surface area contributed by atoms with Gasteiger partial charge in [0.1, 0.15) is 0 Å². The van der Waals surface area contributed by atoms with Gasteiger partial charge in [0.2, 0.25) is 0 Å². The van der Waals surface area contributed by atoms with E-state index in [4.69, 9.17) is 11.6 Å². The van der Waals surface area contributed by atoms with Gasteiger partial charge in [-0.2, -0.15) is 0 Å². The quantitative estimate of drug-likeness (QED) is 0.766. The Labute approximate surface area is 140 Å². The SMILES string of the molecule is O=S(=O)(Nc1ccccc1Cl)c1ccc2c3c(cccc13)CC2. The highest BCUT2D eigenvalue weighted by atomic mass is 35.5. The van der Waals surface area contributed by atoms with Crippen molar-refractivity contribution < 1.29 is 8.42 Å². The summed E-state index contributed by atoms with van der Waals surface area (Å²) in [6.45, 7) is 0. The Morgan fingerprint density at radius 3 is 2.39 bits per heavy atom. The molecule has 0 atom stereocenters. The normalized spacial score (nSPS) is 13.4. The molecule has 0 bridgehead atoms. The summed E-state index contributed by atoms with van der Waals surface area (Å²) < 4.78 is 28.3. The molecule has 0 fully saturated rings. The maximum absolute atomic E-state index is 12.8. The molecule has 0 amide bonds. The van der Waals surface area contributed by atoms with Gasteiger partial charge in [0.15, 0.2) is 0 Å². The zero-order valence-corrected chi connectivity index (χ0v) is 13.8. The van der Waals surface area contributed by atoms with E-state index in [1.54, 1.807) is 30.3 Å². The molecule has 0 aliphatic heterocycles. The molecule has 1 aliphatic carbocycles. The van der Waals surface area contributed by atoms with Crippen LogP contribution in [0.25, 0.3) is 10.8 Å². The number of rotatable bonds is 3. The molecule has 116 valence electrons. The van der Waals surface area contributed by atoms with Crippen LogP contribution in [0.4, 0.5) is 5.69 Å². The van der Waals surface area contributed by atoms with Crippen LogP contribution in [0.15, 0.2) is 59.5 Å². The third-order valence-electron chi connectivity index (χ3n) is 4.24. The summed E-state index contributed by atoms with van der Waals surface area (Å²) in [6.07, 6.45) is 1.93. The highest BCUT2D eigenvalue weighted by Gasteiger charge is 2.23.